The average Bonchev–Trinajstić information content (AvgIpc) is 2.65. The summed E-state index contributed by atoms with van der Waals surface area (Å²) in [6.07, 6.45) is 5.52. The first-order valence-electron chi connectivity index (χ1n) is 5.38. The zero-order chi connectivity index (χ0) is 11.8. The minimum absolute atomic E-state index is 0. The standard InChI is InChI=1S/C13H11FN2S.ClH/c1-8-13(11-4-5-15-7-16-11)10-6-9(14)2-3-12(10)17-8;/h2-7,11H,1H3,(H,15,16);1H. The molecule has 1 aromatic carbocycles. The van der Waals surface area contributed by atoms with E-state index in [0.29, 0.717) is 0 Å². The van der Waals surface area contributed by atoms with Gasteiger partial charge in [-0.2, -0.15) is 0 Å². The number of hydrogen-bond acceptors (Lipinski definition) is 3. The summed E-state index contributed by atoms with van der Waals surface area (Å²) in [6, 6.07) is 4.93. The van der Waals surface area contributed by atoms with Gasteiger partial charge in [-0.15, -0.1) is 23.7 Å². The second kappa shape index (κ2) is 5.08. The van der Waals surface area contributed by atoms with Crippen LogP contribution in [0.3, 0.4) is 0 Å². The summed E-state index contributed by atoms with van der Waals surface area (Å²) in [5, 5.41) is 3.89. The highest BCUT2D eigenvalue weighted by Crippen LogP contribution is 2.37. The summed E-state index contributed by atoms with van der Waals surface area (Å²) in [7, 11) is 0. The quantitative estimate of drug-likeness (QED) is 0.841. The summed E-state index contributed by atoms with van der Waals surface area (Å²) in [6.45, 7) is 2.06. The first kappa shape index (κ1) is 13.1. The van der Waals surface area contributed by atoms with Crippen molar-refractivity contribution in [3.63, 3.8) is 0 Å². The highest BCUT2D eigenvalue weighted by molar-refractivity contribution is 7.19. The fraction of sp³-hybridized carbons (Fsp3) is 0.154. The molecule has 0 bridgehead atoms. The van der Waals surface area contributed by atoms with Crippen molar-refractivity contribution in [1.29, 1.82) is 0 Å². The van der Waals surface area contributed by atoms with Gasteiger partial charge in [0.25, 0.3) is 0 Å². The van der Waals surface area contributed by atoms with E-state index in [-0.39, 0.29) is 24.3 Å². The number of aryl methyl sites for hydroxylation is 1. The summed E-state index contributed by atoms with van der Waals surface area (Å²) in [5.41, 5.74) is 1.11. The van der Waals surface area contributed by atoms with E-state index < -0.39 is 0 Å². The van der Waals surface area contributed by atoms with E-state index in [1.165, 1.54) is 10.9 Å². The zero-order valence-corrected chi connectivity index (χ0v) is 11.3. The number of aliphatic imine (C=N–C) groups is 1. The van der Waals surface area contributed by atoms with Crippen LogP contribution in [0.5, 0.6) is 0 Å². The Morgan fingerprint density at radius 2 is 2.22 bits per heavy atom. The van der Waals surface area contributed by atoms with Crippen LogP contribution in [0.1, 0.15) is 16.5 Å². The molecule has 2 nitrogen and oxygen atoms in total. The predicted molar refractivity (Wildman–Crippen MR) is 77.3 cm³/mol. The molecular weight excluding hydrogens is 271 g/mol. The molecule has 5 heteroatoms. The number of nitrogens with zero attached hydrogens (tertiary/aromatic N) is 1. The number of nitrogens with one attached hydrogen (secondary N) is 1. The Labute approximate surface area is 115 Å². The highest BCUT2D eigenvalue weighted by Gasteiger charge is 2.17. The van der Waals surface area contributed by atoms with E-state index in [1.54, 1.807) is 23.7 Å². The van der Waals surface area contributed by atoms with Crippen LogP contribution < -0.4 is 5.32 Å². The molecule has 1 aliphatic heterocycles. The fourth-order valence-corrected chi connectivity index (χ4v) is 3.20. The van der Waals surface area contributed by atoms with Gasteiger partial charge in [0, 0.05) is 26.7 Å². The molecule has 0 saturated heterocycles. The molecule has 0 radical (unpaired) electrons. The smallest absolute Gasteiger partial charge is 0.123 e. The van der Waals surface area contributed by atoms with Gasteiger partial charge in [-0.25, -0.2) is 4.39 Å². The number of benzene rings is 1. The van der Waals surface area contributed by atoms with E-state index in [4.69, 9.17) is 0 Å². The van der Waals surface area contributed by atoms with Crippen molar-refractivity contribution in [1.82, 2.24) is 5.32 Å². The maximum atomic E-state index is 13.3. The molecule has 0 spiro atoms. The van der Waals surface area contributed by atoms with Crippen molar-refractivity contribution in [2.24, 2.45) is 4.99 Å². The lowest BCUT2D eigenvalue weighted by Gasteiger charge is -2.11. The maximum Gasteiger partial charge on any atom is 0.123 e. The third-order valence-corrected chi connectivity index (χ3v) is 3.96. The monoisotopic (exact) mass is 282 g/mol. The van der Waals surface area contributed by atoms with Crippen molar-refractivity contribution in [3.05, 3.63) is 46.7 Å². The predicted octanol–water partition coefficient (Wildman–Crippen LogP) is 3.96. The molecule has 1 aromatic heterocycles. The van der Waals surface area contributed by atoms with Gasteiger partial charge < -0.3 is 5.32 Å². The summed E-state index contributed by atoms with van der Waals surface area (Å²) < 4.78 is 14.4. The third kappa shape index (κ3) is 2.13. The first-order valence-corrected chi connectivity index (χ1v) is 6.20. The van der Waals surface area contributed by atoms with Gasteiger partial charge in [-0.3, -0.25) is 4.99 Å². The minimum atomic E-state index is -0.196. The van der Waals surface area contributed by atoms with E-state index in [1.807, 2.05) is 18.3 Å². The number of hydrogen-bond donors (Lipinski definition) is 1. The van der Waals surface area contributed by atoms with Gasteiger partial charge in [-0.1, -0.05) is 0 Å². The summed E-state index contributed by atoms with van der Waals surface area (Å²) in [4.78, 5) is 5.57. The lowest BCUT2D eigenvalue weighted by Crippen LogP contribution is -2.08. The van der Waals surface area contributed by atoms with Crippen LogP contribution in [0.15, 0.2) is 35.5 Å². The molecule has 0 amide bonds. The average molecular weight is 283 g/mol. The lowest BCUT2D eigenvalue weighted by molar-refractivity contribution is 0.629. The number of halogens is 2. The molecule has 1 N–H and O–H groups in total. The normalized spacial score (nSPS) is 17.6. The van der Waals surface area contributed by atoms with Gasteiger partial charge in [-0.05, 0) is 31.2 Å². The Hall–Kier alpha value is -1.39. The molecule has 1 unspecified atom stereocenters. The van der Waals surface area contributed by atoms with Gasteiger partial charge in [0.05, 0.1) is 12.4 Å². The highest BCUT2D eigenvalue weighted by atomic mass is 35.5. The van der Waals surface area contributed by atoms with Crippen molar-refractivity contribution in [2.75, 3.05) is 0 Å². The Morgan fingerprint density at radius 1 is 1.39 bits per heavy atom. The van der Waals surface area contributed by atoms with Crippen molar-refractivity contribution in [2.45, 2.75) is 13.0 Å². The maximum absolute atomic E-state index is 13.3. The topological polar surface area (TPSA) is 24.4 Å². The summed E-state index contributed by atoms with van der Waals surface area (Å²) in [5.74, 6) is -0.196. The van der Waals surface area contributed by atoms with Gasteiger partial charge >= 0.3 is 0 Å². The lowest BCUT2D eigenvalue weighted by atomic mass is 10.0. The molecule has 0 fully saturated rings. The molecular formula is C13H12ClFN2S. The molecule has 2 heterocycles. The SMILES string of the molecule is Cc1sc2ccc(F)cc2c1C1C=CNC=N1.Cl. The molecule has 18 heavy (non-hydrogen) atoms. The number of rotatable bonds is 1. The van der Waals surface area contributed by atoms with Crippen molar-refractivity contribution in [3.8, 4) is 0 Å². The van der Waals surface area contributed by atoms with E-state index in [0.717, 1.165) is 15.6 Å². The zero-order valence-electron chi connectivity index (χ0n) is 9.68. The molecule has 1 atom stereocenters. The Bertz CT molecular complexity index is 621. The molecule has 1 aliphatic rings. The molecule has 94 valence electrons. The second-order valence-corrected chi connectivity index (χ2v) is 5.22. The van der Waals surface area contributed by atoms with Gasteiger partial charge in [0.1, 0.15) is 5.82 Å². The first-order chi connectivity index (χ1) is 8.25. The molecule has 0 saturated carbocycles. The molecule has 2 aromatic rings. The van der Waals surface area contributed by atoms with Crippen LogP contribution in [0.2, 0.25) is 0 Å². The van der Waals surface area contributed by atoms with Gasteiger partial charge in [0.15, 0.2) is 0 Å². The Kier molecular flexibility index (Phi) is 3.68. The summed E-state index contributed by atoms with van der Waals surface area (Å²) >= 11 is 1.69. The van der Waals surface area contributed by atoms with Crippen LogP contribution >= 0.6 is 23.7 Å². The number of fused-ring (bicyclic) bond motifs is 1. The number of thiophene rings is 1. The van der Waals surface area contributed by atoms with E-state index >= 15 is 0 Å². The minimum Gasteiger partial charge on any atom is -0.353 e. The molecule has 0 aliphatic carbocycles. The van der Waals surface area contributed by atoms with Crippen LogP contribution in [-0.4, -0.2) is 6.34 Å². The van der Waals surface area contributed by atoms with Crippen LogP contribution in [0, 0.1) is 12.7 Å². The van der Waals surface area contributed by atoms with E-state index in [9.17, 15) is 4.39 Å². The van der Waals surface area contributed by atoms with Gasteiger partial charge in [0.2, 0.25) is 0 Å². The Morgan fingerprint density at radius 3 is 2.94 bits per heavy atom. The van der Waals surface area contributed by atoms with Crippen LogP contribution in [-0.2, 0) is 0 Å². The van der Waals surface area contributed by atoms with Crippen molar-refractivity contribution < 1.29 is 4.39 Å². The largest absolute Gasteiger partial charge is 0.353 e. The van der Waals surface area contributed by atoms with Crippen LogP contribution in [0.25, 0.3) is 10.1 Å². The second-order valence-electron chi connectivity index (χ2n) is 3.96. The van der Waals surface area contributed by atoms with E-state index in [2.05, 4.69) is 17.2 Å². The Balaban J connectivity index is 0.00000120. The van der Waals surface area contributed by atoms with Crippen LogP contribution in [0.4, 0.5) is 4.39 Å². The van der Waals surface area contributed by atoms with Crippen molar-refractivity contribution >= 4 is 40.2 Å². The fourth-order valence-electron chi connectivity index (χ4n) is 2.11. The third-order valence-electron chi connectivity index (χ3n) is 2.85. The molecule has 3 rings (SSSR count).